The van der Waals surface area contributed by atoms with Crippen molar-refractivity contribution >= 4 is 0 Å². The monoisotopic (exact) mass is 260 g/mol. The van der Waals surface area contributed by atoms with Crippen LogP contribution in [-0.2, 0) is 6.54 Å². The lowest BCUT2D eigenvalue weighted by atomic mass is 10.0. The maximum atomic E-state index is 14.0. The summed E-state index contributed by atoms with van der Waals surface area (Å²) in [6, 6.07) is 8.88. The fraction of sp³-hybridized carbons (Fsp3) is 0.267. The molecule has 0 radical (unpaired) electrons. The van der Waals surface area contributed by atoms with Gasteiger partial charge in [0, 0.05) is 24.4 Å². The van der Waals surface area contributed by atoms with E-state index >= 15 is 0 Å². The van der Waals surface area contributed by atoms with Crippen LogP contribution < -0.4 is 10.1 Å². The van der Waals surface area contributed by atoms with E-state index in [1.165, 1.54) is 0 Å². The summed E-state index contributed by atoms with van der Waals surface area (Å²) in [4.78, 5) is 4.04. The van der Waals surface area contributed by atoms with Crippen molar-refractivity contribution < 1.29 is 9.13 Å². The summed E-state index contributed by atoms with van der Waals surface area (Å²) in [6.45, 7) is 3.36. The van der Waals surface area contributed by atoms with Crippen molar-refractivity contribution in [2.24, 2.45) is 0 Å². The van der Waals surface area contributed by atoms with Crippen molar-refractivity contribution in [2.45, 2.75) is 13.5 Å². The fourth-order valence-corrected chi connectivity index (χ4v) is 1.83. The van der Waals surface area contributed by atoms with Crippen LogP contribution in [0.4, 0.5) is 4.39 Å². The van der Waals surface area contributed by atoms with E-state index in [0.717, 1.165) is 17.7 Å². The summed E-state index contributed by atoms with van der Waals surface area (Å²) in [5, 5.41) is 3.11. The van der Waals surface area contributed by atoms with Gasteiger partial charge >= 0.3 is 0 Å². The Balaban J connectivity index is 2.27. The van der Waals surface area contributed by atoms with Crippen LogP contribution in [0.2, 0.25) is 0 Å². The number of methoxy groups -OCH3 is 1. The highest BCUT2D eigenvalue weighted by molar-refractivity contribution is 5.64. The lowest BCUT2D eigenvalue weighted by Crippen LogP contribution is -2.12. The number of rotatable bonds is 5. The van der Waals surface area contributed by atoms with Crippen LogP contribution in [0.25, 0.3) is 11.1 Å². The normalized spacial score (nSPS) is 10.5. The Hall–Kier alpha value is -1.94. The zero-order chi connectivity index (χ0) is 13.7. The van der Waals surface area contributed by atoms with E-state index in [1.807, 2.05) is 19.1 Å². The second-order valence-electron chi connectivity index (χ2n) is 4.17. The molecule has 100 valence electrons. The highest BCUT2D eigenvalue weighted by Crippen LogP contribution is 2.24. The van der Waals surface area contributed by atoms with Gasteiger partial charge in [0.25, 0.3) is 0 Å². The van der Waals surface area contributed by atoms with E-state index < -0.39 is 0 Å². The predicted octanol–water partition coefficient (Wildman–Crippen LogP) is 3.01. The molecule has 0 aliphatic carbocycles. The molecule has 1 aromatic heterocycles. The smallest absolute Gasteiger partial charge is 0.213 e. The van der Waals surface area contributed by atoms with Crippen molar-refractivity contribution in [2.75, 3.05) is 13.7 Å². The van der Waals surface area contributed by atoms with Crippen LogP contribution >= 0.6 is 0 Å². The maximum Gasteiger partial charge on any atom is 0.213 e. The van der Waals surface area contributed by atoms with Crippen LogP contribution in [0.5, 0.6) is 5.88 Å². The first-order valence-corrected chi connectivity index (χ1v) is 6.24. The van der Waals surface area contributed by atoms with E-state index in [0.29, 0.717) is 18.0 Å². The molecule has 0 saturated carbocycles. The zero-order valence-corrected chi connectivity index (χ0v) is 11.1. The van der Waals surface area contributed by atoms with Crippen molar-refractivity contribution in [1.29, 1.82) is 0 Å². The third kappa shape index (κ3) is 3.29. The Morgan fingerprint density at radius 3 is 2.68 bits per heavy atom. The Bertz CT molecular complexity index is 558. The first-order chi connectivity index (χ1) is 9.24. The van der Waals surface area contributed by atoms with E-state index in [2.05, 4.69) is 10.3 Å². The van der Waals surface area contributed by atoms with E-state index in [-0.39, 0.29) is 5.82 Å². The fourth-order valence-electron chi connectivity index (χ4n) is 1.83. The lowest BCUT2D eigenvalue weighted by molar-refractivity contribution is 0.398. The van der Waals surface area contributed by atoms with E-state index in [4.69, 9.17) is 4.74 Å². The second-order valence-corrected chi connectivity index (χ2v) is 4.17. The molecular weight excluding hydrogens is 243 g/mol. The minimum absolute atomic E-state index is 0.200. The molecule has 0 amide bonds. The average Bonchev–Trinajstić information content (AvgIpc) is 2.46. The number of nitrogens with zero attached hydrogens (tertiary/aromatic N) is 1. The number of aromatic nitrogens is 1. The van der Waals surface area contributed by atoms with Crippen LogP contribution in [0.3, 0.4) is 0 Å². The van der Waals surface area contributed by atoms with Gasteiger partial charge in [-0.1, -0.05) is 19.1 Å². The van der Waals surface area contributed by atoms with Crippen molar-refractivity contribution in [3.8, 4) is 17.0 Å². The number of nitrogens with one attached hydrogen (secondary N) is 1. The van der Waals surface area contributed by atoms with Gasteiger partial charge in [0.1, 0.15) is 5.82 Å². The molecule has 4 heteroatoms. The lowest BCUT2D eigenvalue weighted by Gasteiger charge is -2.08. The number of pyridine rings is 1. The largest absolute Gasteiger partial charge is 0.481 e. The van der Waals surface area contributed by atoms with Gasteiger partial charge in [0.15, 0.2) is 0 Å². The van der Waals surface area contributed by atoms with Crippen LogP contribution in [-0.4, -0.2) is 18.6 Å². The molecule has 3 nitrogen and oxygen atoms in total. The highest BCUT2D eigenvalue weighted by Gasteiger charge is 2.06. The first-order valence-electron chi connectivity index (χ1n) is 6.24. The predicted molar refractivity (Wildman–Crippen MR) is 73.6 cm³/mol. The minimum atomic E-state index is -0.200. The van der Waals surface area contributed by atoms with Gasteiger partial charge in [-0.25, -0.2) is 9.37 Å². The molecule has 1 N–H and O–H groups in total. The van der Waals surface area contributed by atoms with Crippen molar-refractivity contribution in [3.05, 3.63) is 47.9 Å². The molecule has 0 aliphatic heterocycles. The Morgan fingerprint density at radius 1 is 1.21 bits per heavy atom. The summed E-state index contributed by atoms with van der Waals surface area (Å²) in [5.41, 5.74) is 2.38. The molecule has 0 bridgehead atoms. The number of halogens is 1. The van der Waals surface area contributed by atoms with Crippen molar-refractivity contribution in [3.63, 3.8) is 0 Å². The molecule has 2 aromatic rings. The van der Waals surface area contributed by atoms with Crippen molar-refractivity contribution in [1.82, 2.24) is 10.3 Å². The van der Waals surface area contributed by atoms with Gasteiger partial charge in [-0.05, 0) is 29.8 Å². The van der Waals surface area contributed by atoms with Gasteiger partial charge in [-0.3, -0.25) is 0 Å². The number of hydrogen-bond acceptors (Lipinski definition) is 3. The summed E-state index contributed by atoms with van der Waals surface area (Å²) < 4.78 is 19.0. The first kappa shape index (κ1) is 13.5. The number of ether oxygens (including phenoxy) is 1. The molecular formula is C15H17FN2O. The third-order valence-corrected chi connectivity index (χ3v) is 2.90. The summed E-state index contributed by atoms with van der Waals surface area (Å²) in [6.07, 6.45) is 1.65. The molecule has 0 spiro atoms. The third-order valence-electron chi connectivity index (χ3n) is 2.90. The molecule has 0 unspecified atom stereocenters. The minimum Gasteiger partial charge on any atom is -0.481 e. The van der Waals surface area contributed by atoms with Crippen LogP contribution in [0, 0.1) is 5.82 Å². The summed E-state index contributed by atoms with van der Waals surface area (Å²) >= 11 is 0. The Morgan fingerprint density at radius 2 is 2.00 bits per heavy atom. The molecule has 19 heavy (non-hydrogen) atoms. The van der Waals surface area contributed by atoms with Gasteiger partial charge < -0.3 is 10.1 Å². The molecule has 2 rings (SSSR count). The quantitative estimate of drug-likeness (QED) is 0.897. The number of hydrogen-bond donors (Lipinski definition) is 1. The van der Waals surface area contributed by atoms with Gasteiger partial charge in [-0.2, -0.15) is 0 Å². The Labute approximate surface area is 112 Å². The van der Waals surface area contributed by atoms with Crippen LogP contribution in [0.15, 0.2) is 36.5 Å². The Kier molecular flexibility index (Phi) is 4.47. The zero-order valence-electron chi connectivity index (χ0n) is 11.1. The maximum absolute atomic E-state index is 14.0. The standard InChI is InChI=1S/C15H17FN2O/c1-3-17-10-13-5-4-11(8-14(13)16)12-6-7-18-15(9-12)19-2/h4-9,17H,3,10H2,1-2H3. The summed E-state index contributed by atoms with van der Waals surface area (Å²) in [7, 11) is 1.56. The highest BCUT2D eigenvalue weighted by atomic mass is 19.1. The summed E-state index contributed by atoms with van der Waals surface area (Å²) in [5.74, 6) is 0.323. The molecule has 0 atom stereocenters. The number of benzene rings is 1. The molecule has 1 aromatic carbocycles. The SMILES string of the molecule is CCNCc1ccc(-c2ccnc(OC)c2)cc1F. The van der Waals surface area contributed by atoms with Gasteiger partial charge in [0.2, 0.25) is 5.88 Å². The van der Waals surface area contributed by atoms with Gasteiger partial charge in [-0.15, -0.1) is 0 Å². The van der Waals surface area contributed by atoms with Crippen LogP contribution in [0.1, 0.15) is 12.5 Å². The second kappa shape index (κ2) is 6.29. The van der Waals surface area contributed by atoms with E-state index in [9.17, 15) is 4.39 Å². The molecule has 1 heterocycles. The molecule has 0 aliphatic rings. The molecule has 0 saturated heterocycles. The topological polar surface area (TPSA) is 34.2 Å². The molecule has 0 fully saturated rings. The average molecular weight is 260 g/mol. The van der Waals surface area contributed by atoms with E-state index in [1.54, 1.807) is 31.5 Å². The van der Waals surface area contributed by atoms with Gasteiger partial charge in [0.05, 0.1) is 7.11 Å².